The maximum absolute atomic E-state index is 13.2. The minimum atomic E-state index is -0.363. The Labute approximate surface area is 105 Å². The molecule has 0 atom stereocenters. The fourth-order valence-corrected chi connectivity index (χ4v) is 1.68. The molecule has 2 aromatic carbocycles. The van der Waals surface area contributed by atoms with Gasteiger partial charge in [0.05, 0.1) is 6.61 Å². The molecular weight excluding hydrogens is 231 g/mol. The summed E-state index contributed by atoms with van der Waals surface area (Å²) in [5.74, 6) is 0.408. The van der Waals surface area contributed by atoms with Gasteiger partial charge in [0.2, 0.25) is 0 Å². The first-order valence-electron chi connectivity index (χ1n) is 5.73. The quantitative estimate of drug-likeness (QED) is 0.811. The molecular formula is C14H15FN2O. The van der Waals surface area contributed by atoms with E-state index < -0.39 is 0 Å². The second-order valence-corrected chi connectivity index (χ2v) is 3.86. The highest BCUT2D eigenvalue weighted by Crippen LogP contribution is 2.23. The standard InChI is InChI=1S/C14H15FN2O/c1-2-18-14-5-3-4-12(9-14)17-13-7-10(15)6-11(16)8-13/h3-9,17H,2,16H2,1H3. The topological polar surface area (TPSA) is 47.3 Å². The van der Waals surface area contributed by atoms with Crippen LogP contribution in [-0.2, 0) is 0 Å². The molecule has 0 unspecified atom stereocenters. The molecule has 0 heterocycles. The van der Waals surface area contributed by atoms with Crippen molar-refractivity contribution in [3.63, 3.8) is 0 Å². The zero-order chi connectivity index (χ0) is 13.0. The first-order chi connectivity index (χ1) is 8.67. The number of benzene rings is 2. The van der Waals surface area contributed by atoms with Gasteiger partial charge in [-0.3, -0.25) is 0 Å². The van der Waals surface area contributed by atoms with Crippen molar-refractivity contribution in [1.29, 1.82) is 0 Å². The molecule has 0 amide bonds. The predicted octanol–water partition coefficient (Wildman–Crippen LogP) is 3.55. The van der Waals surface area contributed by atoms with Crippen molar-refractivity contribution in [2.45, 2.75) is 6.92 Å². The lowest BCUT2D eigenvalue weighted by atomic mass is 10.2. The van der Waals surface area contributed by atoms with Crippen LogP contribution >= 0.6 is 0 Å². The van der Waals surface area contributed by atoms with E-state index in [-0.39, 0.29) is 5.82 Å². The van der Waals surface area contributed by atoms with Crippen molar-refractivity contribution in [3.8, 4) is 5.75 Å². The van der Waals surface area contributed by atoms with E-state index in [9.17, 15) is 4.39 Å². The first-order valence-corrected chi connectivity index (χ1v) is 5.73. The van der Waals surface area contributed by atoms with Crippen molar-refractivity contribution in [1.82, 2.24) is 0 Å². The Hall–Kier alpha value is -2.23. The smallest absolute Gasteiger partial charge is 0.127 e. The Bertz CT molecular complexity index is 523. The molecule has 0 radical (unpaired) electrons. The van der Waals surface area contributed by atoms with Gasteiger partial charge in [-0.25, -0.2) is 4.39 Å². The third kappa shape index (κ3) is 3.13. The normalized spacial score (nSPS) is 10.1. The summed E-state index contributed by atoms with van der Waals surface area (Å²) < 4.78 is 18.6. The second-order valence-electron chi connectivity index (χ2n) is 3.86. The number of hydrogen-bond acceptors (Lipinski definition) is 3. The van der Waals surface area contributed by atoms with E-state index in [1.807, 2.05) is 31.2 Å². The van der Waals surface area contributed by atoms with Gasteiger partial charge in [-0.2, -0.15) is 0 Å². The molecule has 0 saturated heterocycles. The van der Waals surface area contributed by atoms with Gasteiger partial charge in [0, 0.05) is 23.1 Å². The highest BCUT2D eigenvalue weighted by atomic mass is 19.1. The molecule has 0 aliphatic carbocycles. The van der Waals surface area contributed by atoms with E-state index in [2.05, 4.69) is 5.32 Å². The number of ether oxygens (including phenoxy) is 1. The van der Waals surface area contributed by atoms with Gasteiger partial charge >= 0.3 is 0 Å². The molecule has 4 heteroatoms. The van der Waals surface area contributed by atoms with Gasteiger partial charge in [0.1, 0.15) is 11.6 Å². The lowest BCUT2D eigenvalue weighted by Crippen LogP contribution is -1.95. The Morgan fingerprint density at radius 2 is 2.00 bits per heavy atom. The van der Waals surface area contributed by atoms with Gasteiger partial charge in [0.25, 0.3) is 0 Å². The zero-order valence-electron chi connectivity index (χ0n) is 10.1. The average molecular weight is 246 g/mol. The molecule has 0 bridgehead atoms. The van der Waals surface area contributed by atoms with E-state index in [1.54, 1.807) is 6.07 Å². The van der Waals surface area contributed by atoms with Crippen molar-refractivity contribution < 1.29 is 9.13 Å². The van der Waals surface area contributed by atoms with Crippen LogP contribution in [0.4, 0.5) is 21.5 Å². The van der Waals surface area contributed by atoms with Gasteiger partial charge < -0.3 is 15.8 Å². The fourth-order valence-electron chi connectivity index (χ4n) is 1.68. The number of rotatable bonds is 4. The van der Waals surface area contributed by atoms with Crippen molar-refractivity contribution in [3.05, 3.63) is 48.3 Å². The molecule has 3 nitrogen and oxygen atoms in total. The highest BCUT2D eigenvalue weighted by molar-refractivity contribution is 5.64. The Kier molecular flexibility index (Phi) is 3.67. The number of hydrogen-bond donors (Lipinski definition) is 2. The summed E-state index contributed by atoms with van der Waals surface area (Å²) in [5, 5.41) is 3.08. The molecule has 2 rings (SSSR count). The van der Waals surface area contributed by atoms with Gasteiger partial charge in [-0.15, -0.1) is 0 Å². The number of nitrogen functional groups attached to an aromatic ring is 1. The van der Waals surface area contributed by atoms with Crippen LogP contribution in [0.3, 0.4) is 0 Å². The third-order valence-electron chi connectivity index (χ3n) is 2.35. The molecule has 0 aromatic heterocycles. The van der Waals surface area contributed by atoms with Crippen LogP contribution < -0.4 is 15.8 Å². The van der Waals surface area contributed by atoms with Gasteiger partial charge in [-0.05, 0) is 37.3 Å². The van der Waals surface area contributed by atoms with Crippen LogP contribution in [0.25, 0.3) is 0 Å². The van der Waals surface area contributed by atoms with Gasteiger partial charge in [-0.1, -0.05) is 6.07 Å². The Balaban J connectivity index is 2.20. The zero-order valence-corrected chi connectivity index (χ0v) is 10.1. The molecule has 3 N–H and O–H groups in total. The molecule has 18 heavy (non-hydrogen) atoms. The summed E-state index contributed by atoms with van der Waals surface area (Å²) in [4.78, 5) is 0. The summed E-state index contributed by atoms with van der Waals surface area (Å²) in [6.07, 6.45) is 0. The van der Waals surface area contributed by atoms with Crippen LogP contribution in [0.5, 0.6) is 5.75 Å². The Morgan fingerprint density at radius 1 is 1.17 bits per heavy atom. The second kappa shape index (κ2) is 5.40. The van der Waals surface area contributed by atoms with Crippen LogP contribution in [0.15, 0.2) is 42.5 Å². The van der Waals surface area contributed by atoms with Crippen molar-refractivity contribution in [2.75, 3.05) is 17.7 Å². The molecule has 2 aromatic rings. The Morgan fingerprint density at radius 3 is 2.72 bits per heavy atom. The molecule has 0 aliphatic rings. The van der Waals surface area contributed by atoms with E-state index in [1.165, 1.54) is 12.1 Å². The summed E-state index contributed by atoms with van der Waals surface area (Å²) in [6, 6.07) is 11.8. The van der Waals surface area contributed by atoms with Crippen LogP contribution in [0.1, 0.15) is 6.92 Å². The molecule has 94 valence electrons. The molecule has 0 aliphatic heterocycles. The molecule has 0 saturated carbocycles. The largest absolute Gasteiger partial charge is 0.494 e. The molecule has 0 spiro atoms. The van der Waals surface area contributed by atoms with Crippen LogP contribution in [0.2, 0.25) is 0 Å². The summed E-state index contributed by atoms with van der Waals surface area (Å²) in [6.45, 7) is 2.53. The number of anilines is 3. The third-order valence-corrected chi connectivity index (χ3v) is 2.35. The number of nitrogens with one attached hydrogen (secondary N) is 1. The minimum Gasteiger partial charge on any atom is -0.494 e. The first kappa shape index (κ1) is 12.2. The van der Waals surface area contributed by atoms with E-state index >= 15 is 0 Å². The predicted molar refractivity (Wildman–Crippen MR) is 71.7 cm³/mol. The molecule has 0 fully saturated rings. The number of halogens is 1. The minimum absolute atomic E-state index is 0.363. The van der Waals surface area contributed by atoms with E-state index in [0.29, 0.717) is 18.0 Å². The number of nitrogens with two attached hydrogens (primary N) is 1. The monoisotopic (exact) mass is 246 g/mol. The SMILES string of the molecule is CCOc1cccc(Nc2cc(N)cc(F)c2)c1. The van der Waals surface area contributed by atoms with E-state index in [4.69, 9.17) is 10.5 Å². The lowest BCUT2D eigenvalue weighted by Gasteiger charge is -2.09. The summed E-state index contributed by atoms with van der Waals surface area (Å²) >= 11 is 0. The van der Waals surface area contributed by atoms with Gasteiger partial charge in [0.15, 0.2) is 0 Å². The summed E-state index contributed by atoms with van der Waals surface area (Å²) in [7, 11) is 0. The lowest BCUT2D eigenvalue weighted by molar-refractivity contribution is 0.340. The average Bonchev–Trinajstić information content (AvgIpc) is 2.28. The summed E-state index contributed by atoms with van der Waals surface area (Å²) in [5.41, 5.74) is 7.41. The maximum atomic E-state index is 13.2. The fraction of sp³-hybridized carbons (Fsp3) is 0.143. The van der Waals surface area contributed by atoms with Crippen molar-refractivity contribution >= 4 is 17.1 Å². The van der Waals surface area contributed by atoms with Crippen molar-refractivity contribution in [2.24, 2.45) is 0 Å². The highest BCUT2D eigenvalue weighted by Gasteiger charge is 2.00. The maximum Gasteiger partial charge on any atom is 0.127 e. The van der Waals surface area contributed by atoms with Crippen LogP contribution in [-0.4, -0.2) is 6.61 Å². The van der Waals surface area contributed by atoms with E-state index in [0.717, 1.165) is 11.4 Å². The van der Waals surface area contributed by atoms with Crippen LogP contribution in [0, 0.1) is 5.82 Å².